The predicted octanol–water partition coefficient (Wildman–Crippen LogP) is 4.42. The van der Waals surface area contributed by atoms with Gasteiger partial charge in [-0.25, -0.2) is 4.68 Å². The van der Waals surface area contributed by atoms with Gasteiger partial charge in [0.2, 0.25) is 0 Å². The first-order valence-electron chi connectivity index (χ1n) is 9.71. The Kier molecular flexibility index (Phi) is 6.22. The van der Waals surface area contributed by atoms with E-state index in [4.69, 9.17) is 0 Å². The van der Waals surface area contributed by atoms with Crippen molar-refractivity contribution in [3.05, 3.63) is 59.7 Å². The van der Waals surface area contributed by atoms with Crippen LogP contribution in [0.1, 0.15) is 56.0 Å². The van der Waals surface area contributed by atoms with Crippen LogP contribution in [-0.4, -0.2) is 26.9 Å². The Balaban J connectivity index is 1.57. The second-order valence-corrected chi connectivity index (χ2v) is 7.63. The first-order chi connectivity index (χ1) is 13.0. The molecule has 5 heteroatoms. The second-order valence-electron chi connectivity index (χ2n) is 7.63. The summed E-state index contributed by atoms with van der Waals surface area (Å²) < 4.78 is 1.88. The third-order valence-corrected chi connectivity index (χ3v) is 4.76. The van der Waals surface area contributed by atoms with Crippen molar-refractivity contribution in [1.82, 2.24) is 20.3 Å². The van der Waals surface area contributed by atoms with E-state index in [2.05, 4.69) is 36.4 Å². The highest BCUT2D eigenvalue weighted by molar-refractivity contribution is 5.94. The summed E-state index contributed by atoms with van der Waals surface area (Å²) in [5, 5.41) is 11.5. The highest BCUT2D eigenvalue weighted by Gasteiger charge is 2.10. The van der Waals surface area contributed by atoms with Gasteiger partial charge in [0.05, 0.1) is 12.1 Å². The van der Waals surface area contributed by atoms with E-state index < -0.39 is 0 Å². The molecule has 0 saturated heterocycles. The molecular weight excluding hydrogens is 336 g/mol. The number of hydrogen-bond acceptors (Lipinski definition) is 3. The lowest BCUT2D eigenvalue weighted by Crippen LogP contribution is -2.32. The minimum atomic E-state index is -0.00944. The molecule has 1 aromatic heterocycles. The molecule has 0 aliphatic heterocycles. The van der Waals surface area contributed by atoms with Crippen molar-refractivity contribution in [2.45, 2.75) is 52.6 Å². The Labute approximate surface area is 160 Å². The van der Waals surface area contributed by atoms with Gasteiger partial charge in [0, 0.05) is 11.6 Å². The van der Waals surface area contributed by atoms with E-state index in [1.807, 2.05) is 53.2 Å². The van der Waals surface area contributed by atoms with Crippen LogP contribution in [0.2, 0.25) is 0 Å². The highest BCUT2D eigenvalue weighted by atomic mass is 16.1. The quantitative estimate of drug-likeness (QED) is 0.643. The summed E-state index contributed by atoms with van der Waals surface area (Å²) in [5.74, 6) is 0.701. The molecule has 0 aliphatic carbocycles. The molecule has 142 valence electrons. The molecule has 1 unspecified atom stereocenters. The number of rotatable bonds is 8. The Bertz CT molecular complexity index is 883. The molecule has 0 spiro atoms. The number of nitrogens with zero attached hydrogens (tertiary/aromatic N) is 3. The van der Waals surface area contributed by atoms with Crippen LogP contribution in [0.4, 0.5) is 0 Å². The number of carbonyl (C=O) groups is 1. The van der Waals surface area contributed by atoms with E-state index in [1.165, 1.54) is 6.42 Å². The maximum absolute atomic E-state index is 12.4. The molecule has 5 nitrogen and oxygen atoms in total. The number of benzene rings is 2. The van der Waals surface area contributed by atoms with Gasteiger partial charge in [0.1, 0.15) is 5.52 Å². The molecule has 0 saturated carbocycles. The Morgan fingerprint density at radius 3 is 2.52 bits per heavy atom. The van der Waals surface area contributed by atoms with Crippen molar-refractivity contribution in [2.24, 2.45) is 5.92 Å². The average Bonchev–Trinajstić information content (AvgIpc) is 3.05. The lowest BCUT2D eigenvalue weighted by molar-refractivity contribution is 0.0938. The van der Waals surface area contributed by atoms with Crippen LogP contribution in [0.25, 0.3) is 11.0 Å². The molecule has 1 N–H and O–H groups in total. The molecule has 3 aromatic rings. The van der Waals surface area contributed by atoms with Gasteiger partial charge >= 0.3 is 0 Å². The van der Waals surface area contributed by atoms with Crippen LogP contribution in [0.15, 0.2) is 48.5 Å². The minimum Gasteiger partial charge on any atom is -0.350 e. The lowest BCUT2D eigenvalue weighted by atomic mass is 10.0. The number of carbonyl (C=O) groups excluding carboxylic acids is 1. The van der Waals surface area contributed by atoms with Gasteiger partial charge < -0.3 is 5.32 Å². The van der Waals surface area contributed by atoms with Crippen molar-refractivity contribution < 1.29 is 4.79 Å². The van der Waals surface area contributed by atoms with Gasteiger partial charge in [0.25, 0.3) is 5.91 Å². The molecule has 1 heterocycles. The van der Waals surface area contributed by atoms with Crippen LogP contribution >= 0.6 is 0 Å². The Morgan fingerprint density at radius 1 is 1.04 bits per heavy atom. The van der Waals surface area contributed by atoms with E-state index in [0.717, 1.165) is 29.4 Å². The molecule has 1 atom stereocenters. The van der Waals surface area contributed by atoms with Gasteiger partial charge in [-0.3, -0.25) is 4.79 Å². The normalized spacial score (nSPS) is 12.4. The molecule has 2 aromatic carbocycles. The summed E-state index contributed by atoms with van der Waals surface area (Å²) in [4.78, 5) is 12.4. The largest absolute Gasteiger partial charge is 0.350 e. The van der Waals surface area contributed by atoms with Crippen LogP contribution in [0, 0.1) is 5.92 Å². The first kappa shape index (κ1) is 19.1. The van der Waals surface area contributed by atoms with E-state index in [0.29, 0.717) is 18.0 Å². The summed E-state index contributed by atoms with van der Waals surface area (Å²) in [5.41, 5.74) is 3.68. The fourth-order valence-electron chi connectivity index (χ4n) is 3.18. The number of nitrogens with one attached hydrogen (secondary N) is 1. The van der Waals surface area contributed by atoms with Crippen molar-refractivity contribution in [3.63, 3.8) is 0 Å². The SMILES string of the molecule is CC(C)CCCC(C)NC(=O)c1ccc(Cn2nnc3ccccc32)cc1. The van der Waals surface area contributed by atoms with Crippen LogP contribution in [0.3, 0.4) is 0 Å². The van der Waals surface area contributed by atoms with Gasteiger partial charge in [-0.2, -0.15) is 0 Å². The Morgan fingerprint density at radius 2 is 1.78 bits per heavy atom. The first-order valence-corrected chi connectivity index (χ1v) is 9.71. The lowest BCUT2D eigenvalue weighted by Gasteiger charge is -2.14. The zero-order chi connectivity index (χ0) is 19.2. The Hall–Kier alpha value is -2.69. The number of fused-ring (bicyclic) bond motifs is 1. The summed E-state index contributed by atoms with van der Waals surface area (Å²) >= 11 is 0. The van der Waals surface area contributed by atoms with Crippen LogP contribution in [0.5, 0.6) is 0 Å². The zero-order valence-corrected chi connectivity index (χ0v) is 16.4. The molecule has 0 radical (unpaired) electrons. The van der Waals surface area contributed by atoms with Gasteiger partial charge in [-0.15, -0.1) is 5.10 Å². The van der Waals surface area contributed by atoms with Crippen molar-refractivity contribution >= 4 is 16.9 Å². The minimum absolute atomic E-state index is 0.00944. The summed E-state index contributed by atoms with van der Waals surface area (Å²) in [6, 6.07) is 15.8. The maximum Gasteiger partial charge on any atom is 0.251 e. The number of aromatic nitrogens is 3. The van der Waals surface area contributed by atoms with Crippen LogP contribution < -0.4 is 5.32 Å². The fourth-order valence-corrected chi connectivity index (χ4v) is 3.18. The molecule has 3 rings (SSSR count). The van der Waals surface area contributed by atoms with Crippen molar-refractivity contribution in [3.8, 4) is 0 Å². The third-order valence-electron chi connectivity index (χ3n) is 4.76. The molecule has 27 heavy (non-hydrogen) atoms. The van der Waals surface area contributed by atoms with Crippen molar-refractivity contribution in [2.75, 3.05) is 0 Å². The molecular formula is C22H28N4O. The molecule has 0 bridgehead atoms. The molecule has 0 fully saturated rings. The summed E-state index contributed by atoms with van der Waals surface area (Å²) in [7, 11) is 0. The topological polar surface area (TPSA) is 59.8 Å². The fraction of sp³-hybridized carbons (Fsp3) is 0.409. The number of amides is 1. The van der Waals surface area contributed by atoms with E-state index in [9.17, 15) is 4.79 Å². The third kappa shape index (κ3) is 5.16. The highest BCUT2D eigenvalue weighted by Crippen LogP contribution is 2.13. The predicted molar refractivity (Wildman–Crippen MR) is 109 cm³/mol. The van der Waals surface area contributed by atoms with E-state index in [-0.39, 0.29) is 11.9 Å². The van der Waals surface area contributed by atoms with Gasteiger partial charge in [-0.1, -0.05) is 56.2 Å². The van der Waals surface area contributed by atoms with Crippen LogP contribution in [-0.2, 0) is 6.54 Å². The summed E-state index contributed by atoms with van der Waals surface area (Å²) in [6.07, 6.45) is 3.36. The van der Waals surface area contributed by atoms with Gasteiger partial charge in [0.15, 0.2) is 0 Å². The molecule has 0 aliphatic rings. The average molecular weight is 364 g/mol. The number of hydrogen-bond donors (Lipinski definition) is 1. The van der Waals surface area contributed by atoms with Gasteiger partial charge in [-0.05, 0) is 49.1 Å². The summed E-state index contributed by atoms with van der Waals surface area (Å²) in [6.45, 7) is 7.16. The maximum atomic E-state index is 12.4. The smallest absolute Gasteiger partial charge is 0.251 e. The molecule has 1 amide bonds. The zero-order valence-electron chi connectivity index (χ0n) is 16.4. The second kappa shape index (κ2) is 8.80. The monoisotopic (exact) mass is 364 g/mol. The number of para-hydroxylation sites is 1. The van der Waals surface area contributed by atoms with E-state index >= 15 is 0 Å². The standard InChI is InChI=1S/C22H28N4O/c1-16(2)7-6-8-17(3)23-22(27)19-13-11-18(12-14-19)15-26-21-10-5-4-9-20(21)24-25-26/h4-5,9-14,16-17H,6-8,15H2,1-3H3,(H,23,27). The van der Waals surface area contributed by atoms with Crippen molar-refractivity contribution in [1.29, 1.82) is 0 Å². The van der Waals surface area contributed by atoms with E-state index in [1.54, 1.807) is 0 Å².